The number of amides is 1. The summed E-state index contributed by atoms with van der Waals surface area (Å²) in [6.45, 7) is 4.24. The zero-order valence-corrected chi connectivity index (χ0v) is 14.7. The molecule has 1 aromatic carbocycles. The second-order valence-corrected chi connectivity index (χ2v) is 6.51. The Hall–Kier alpha value is -2.25. The molecule has 1 fully saturated rings. The zero-order valence-electron chi connectivity index (χ0n) is 14.7. The molecule has 1 aliphatic heterocycles. The van der Waals surface area contributed by atoms with Crippen LogP contribution < -0.4 is 10.6 Å². The first-order chi connectivity index (χ1) is 12.1. The highest BCUT2D eigenvalue weighted by Gasteiger charge is 2.22. The summed E-state index contributed by atoms with van der Waals surface area (Å²) in [6.07, 6.45) is 2.15. The van der Waals surface area contributed by atoms with Crippen molar-refractivity contribution in [3.8, 4) is 11.4 Å². The fraction of sp³-hybridized carbons (Fsp3) is 0.500. The van der Waals surface area contributed by atoms with Crippen molar-refractivity contribution in [3.05, 3.63) is 36.2 Å². The molecule has 1 amide bonds. The number of piperidine rings is 1. The lowest BCUT2D eigenvalue weighted by Crippen LogP contribution is -2.45. The van der Waals surface area contributed by atoms with E-state index in [2.05, 4.69) is 25.7 Å². The minimum atomic E-state index is -0.320. The van der Waals surface area contributed by atoms with Gasteiger partial charge in [0.25, 0.3) is 0 Å². The van der Waals surface area contributed by atoms with Crippen LogP contribution >= 0.6 is 0 Å². The molecule has 7 heteroatoms. The van der Waals surface area contributed by atoms with Crippen LogP contribution in [0.15, 0.2) is 34.9 Å². The third kappa shape index (κ3) is 4.64. The van der Waals surface area contributed by atoms with Gasteiger partial charge in [-0.15, -0.1) is 0 Å². The summed E-state index contributed by atoms with van der Waals surface area (Å²) in [7, 11) is 2.00. The third-order valence-electron chi connectivity index (χ3n) is 4.55. The van der Waals surface area contributed by atoms with Gasteiger partial charge in [-0.3, -0.25) is 9.69 Å². The van der Waals surface area contributed by atoms with Crippen molar-refractivity contribution in [1.82, 2.24) is 25.7 Å². The first-order valence-corrected chi connectivity index (χ1v) is 8.73. The van der Waals surface area contributed by atoms with Crippen LogP contribution in [0, 0.1) is 0 Å². The Bertz CT molecular complexity index is 682. The molecule has 1 saturated heterocycles. The summed E-state index contributed by atoms with van der Waals surface area (Å²) in [4.78, 5) is 18.8. The van der Waals surface area contributed by atoms with Gasteiger partial charge < -0.3 is 15.2 Å². The Balaban J connectivity index is 1.54. The number of rotatable bonds is 6. The molecular formula is C18H25N5O2. The molecule has 134 valence electrons. The lowest BCUT2D eigenvalue weighted by atomic mass is 10.1. The molecule has 1 aromatic heterocycles. The van der Waals surface area contributed by atoms with Gasteiger partial charge in [-0.2, -0.15) is 4.98 Å². The van der Waals surface area contributed by atoms with Crippen LogP contribution in [0.5, 0.6) is 0 Å². The van der Waals surface area contributed by atoms with Gasteiger partial charge in [0.05, 0.1) is 6.54 Å². The van der Waals surface area contributed by atoms with Crippen LogP contribution in [0.3, 0.4) is 0 Å². The molecule has 0 bridgehead atoms. The van der Waals surface area contributed by atoms with E-state index in [1.165, 1.54) is 0 Å². The molecule has 0 unspecified atom stereocenters. The normalized spacial score (nSPS) is 16.8. The average molecular weight is 343 g/mol. The largest absolute Gasteiger partial charge is 0.343 e. The number of aromatic nitrogens is 2. The van der Waals surface area contributed by atoms with E-state index in [0.29, 0.717) is 24.3 Å². The smallest absolute Gasteiger partial charge is 0.249 e. The van der Waals surface area contributed by atoms with E-state index in [-0.39, 0.29) is 11.9 Å². The number of hydrogen-bond donors (Lipinski definition) is 2. The predicted octanol–water partition coefficient (Wildman–Crippen LogP) is 1.60. The highest BCUT2D eigenvalue weighted by molar-refractivity contribution is 5.78. The Labute approximate surface area is 147 Å². The van der Waals surface area contributed by atoms with Gasteiger partial charge in [0.15, 0.2) is 0 Å². The van der Waals surface area contributed by atoms with Gasteiger partial charge in [-0.25, -0.2) is 0 Å². The molecule has 2 heterocycles. The predicted molar refractivity (Wildman–Crippen MR) is 94.8 cm³/mol. The Morgan fingerprint density at radius 1 is 1.36 bits per heavy atom. The minimum Gasteiger partial charge on any atom is -0.343 e. The molecule has 2 aromatic rings. The van der Waals surface area contributed by atoms with Gasteiger partial charge in [0.2, 0.25) is 17.6 Å². The van der Waals surface area contributed by atoms with Crippen LogP contribution in [0.4, 0.5) is 0 Å². The van der Waals surface area contributed by atoms with Crippen LogP contribution in [0.2, 0.25) is 0 Å². The second kappa shape index (κ2) is 8.22. The van der Waals surface area contributed by atoms with E-state index in [4.69, 9.17) is 4.52 Å². The Morgan fingerprint density at radius 3 is 2.80 bits per heavy atom. The Kier molecular flexibility index (Phi) is 5.78. The molecule has 0 saturated carbocycles. The fourth-order valence-corrected chi connectivity index (χ4v) is 3.07. The molecule has 2 N–H and O–H groups in total. The maximum Gasteiger partial charge on any atom is 0.249 e. The standard InChI is InChI=1S/C18H25N5O2/c1-13(18-21-17(22-25-18)14-6-4-3-5-7-14)20-16(24)12-23(2)15-8-10-19-11-9-15/h3-7,13,15,19H,8-12H2,1-2H3,(H,20,24)/t13-/m0/s1. The topological polar surface area (TPSA) is 83.3 Å². The van der Waals surface area contributed by atoms with Crippen LogP contribution in [-0.2, 0) is 4.79 Å². The van der Waals surface area contributed by atoms with E-state index in [0.717, 1.165) is 31.5 Å². The summed E-state index contributed by atoms with van der Waals surface area (Å²) in [5, 5.41) is 10.3. The molecule has 25 heavy (non-hydrogen) atoms. The summed E-state index contributed by atoms with van der Waals surface area (Å²) >= 11 is 0. The number of hydrogen-bond acceptors (Lipinski definition) is 6. The molecule has 3 rings (SSSR count). The lowest BCUT2D eigenvalue weighted by Gasteiger charge is -2.31. The van der Waals surface area contributed by atoms with E-state index in [1.54, 1.807) is 0 Å². The quantitative estimate of drug-likeness (QED) is 0.829. The molecule has 0 spiro atoms. The number of carbonyl (C=O) groups is 1. The number of benzene rings is 1. The number of nitrogens with one attached hydrogen (secondary N) is 2. The van der Waals surface area contributed by atoms with Crippen LogP contribution in [-0.4, -0.2) is 53.7 Å². The van der Waals surface area contributed by atoms with Crippen molar-refractivity contribution in [2.45, 2.75) is 31.8 Å². The second-order valence-electron chi connectivity index (χ2n) is 6.51. The lowest BCUT2D eigenvalue weighted by molar-refractivity contribution is -0.123. The number of nitrogens with zero attached hydrogens (tertiary/aromatic N) is 3. The van der Waals surface area contributed by atoms with Crippen molar-refractivity contribution >= 4 is 5.91 Å². The van der Waals surface area contributed by atoms with Gasteiger partial charge in [0.1, 0.15) is 6.04 Å². The van der Waals surface area contributed by atoms with Gasteiger partial charge in [0, 0.05) is 11.6 Å². The monoisotopic (exact) mass is 343 g/mol. The maximum absolute atomic E-state index is 12.3. The average Bonchev–Trinajstić information content (AvgIpc) is 3.13. The SMILES string of the molecule is C[C@H](NC(=O)CN(C)C1CCNCC1)c1nc(-c2ccccc2)no1. The molecule has 0 radical (unpaired) electrons. The zero-order chi connectivity index (χ0) is 17.6. The molecule has 1 atom stereocenters. The van der Waals surface area contributed by atoms with Crippen molar-refractivity contribution in [1.29, 1.82) is 0 Å². The van der Waals surface area contributed by atoms with Crippen molar-refractivity contribution in [3.63, 3.8) is 0 Å². The van der Waals surface area contributed by atoms with E-state index in [9.17, 15) is 4.79 Å². The summed E-state index contributed by atoms with van der Waals surface area (Å²) in [6, 6.07) is 9.76. The summed E-state index contributed by atoms with van der Waals surface area (Å²) < 4.78 is 5.31. The highest BCUT2D eigenvalue weighted by atomic mass is 16.5. The van der Waals surface area contributed by atoms with Crippen molar-refractivity contribution in [2.75, 3.05) is 26.7 Å². The number of likely N-dealkylation sites (N-methyl/N-ethyl adjacent to an activating group) is 1. The van der Waals surface area contributed by atoms with Crippen molar-refractivity contribution < 1.29 is 9.32 Å². The minimum absolute atomic E-state index is 0.0343. The van der Waals surface area contributed by atoms with Gasteiger partial charge in [-0.05, 0) is 39.9 Å². The molecule has 7 nitrogen and oxygen atoms in total. The highest BCUT2D eigenvalue weighted by Crippen LogP contribution is 2.18. The summed E-state index contributed by atoms with van der Waals surface area (Å²) in [5.74, 6) is 0.910. The maximum atomic E-state index is 12.3. The first-order valence-electron chi connectivity index (χ1n) is 8.73. The fourth-order valence-electron chi connectivity index (χ4n) is 3.07. The van der Waals surface area contributed by atoms with E-state index < -0.39 is 0 Å². The third-order valence-corrected chi connectivity index (χ3v) is 4.55. The number of carbonyl (C=O) groups excluding carboxylic acids is 1. The van der Waals surface area contributed by atoms with E-state index in [1.807, 2.05) is 44.3 Å². The first kappa shape index (κ1) is 17.6. The molecule has 0 aliphatic carbocycles. The van der Waals surface area contributed by atoms with Gasteiger partial charge >= 0.3 is 0 Å². The van der Waals surface area contributed by atoms with E-state index >= 15 is 0 Å². The summed E-state index contributed by atoms with van der Waals surface area (Å²) in [5.41, 5.74) is 0.890. The van der Waals surface area contributed by atoms with Crippen LogP contribution in [0.1, 0.15) is 31.7 Å². The molecule has 1 aliphatic rings. The van der Waals surface area contributed by atoms with Crippen molar-refractivity contribution in [2.24, 2.45) is 0 Å². The Morgan fingerprint density at radius 2 is 2.08 bits per heavy atom. The van der Waals surface area contributed by atoms with Gasteiger partial charge in [-0.1, -0.05) is 35.5 Å². The molecular weight excluding hydrogens is 318 g/mol. The van der Waals surface area contributed by atoms with Crippen LogP contribution in [0.25, 0.3) is 11.4 Å².